The van der Waals surface area contributed by atoms with E-state index in [1.807, 2.05) is 0 Å². The summed E-state index contributed by atoms with van der Waals surface area (Å²) in [5, 5.41) is 5.00. The minimum atomic E-state index is -2.70. The van der Waals surface area contributed by atoms with Crippen LogP contribution in [0.15, 0.2) is 150 Å². The molecule has 2 aliphatic heterocycles. The lowest BCUT2D eigenvalue weighted by atomic mass is 10.1. The Morgan fingerprint density at radius 1 is 0.464 bits per heavy atom. The van der Waals surface area contributed by atoms with Crippen LogP contribution in [-0.2, 0) is 8.85 Å². The summed E-state index contributed by atoms with van der Waals surface area (Å²) in [6.07, 6.45) is 3.54. The Labute approximate surface area is 337 Å². The Hall–Kier alpha value is -4.28. The molecule has 7 heteroatoms. The van der Waals surface area contributed by atoms with Gasteiger partial charge in [-0.25, -0.2) is 4.98 Å². The fourth-order valence-electron chi connectivity index (χ4n) is 9.15. The molecular weight excluding hydrogens is 719 g/mol. The molecule has 0 amide bonds. The van der Waals surface area contributed by atoms with Crippen molar-refractivity contribution in [3.63, 3.8) is 0 Å². The van der Waals surface area contributed by atoms with E-state index >= 15 is 0 Å². The van der Waals surface area contributed by atoms with Crippen LogP contribution in [-0.4, -0.2) is 57.3 Å². The Morgan fingerprint density at radius 2 is 0.768 bits per heavy atom. The molecule has 3 heterocycles. The lowest BCUT2D eigenvalue weighted by Gasteiger charge is -2.45. The van der Waals surface area contributed by atoms with E-state index in [0.29, 0.717) is 0 Å². The van der Waals surface area contributed by atoms with E-state index in [-0.39, 0.29) is 34.4 Å². The molecule has 0 N–H and O–H groups in total. The molecule has 290 valence electrons. The molecule has 5 aromatic rings. The van der Waals surface area contributed by atoms with Gasteiger partial charge in [-0.3, -0.25) is 9.98 Å². The van der Waals surface area contributed by atoms with Gasteiger partial charge in [0.1, 0.15) is 0 Å². The third-order valence-corrected chi connectivity index (χ3v) is 22.2. The summed E-state index contributed by atoms with van der Waals surface area (Å²) >= 11 is 0. The summed E-state index contributed by atoms with van der Waals surface area (Å²) in [5.41, 5.74) is 4.03. The Morgan fingerprint density at radius 3 is 1.05 bits per heavy atom. The molecule has 0 bridgehead atoms. The summed E-state index contributed by atoms with van der Waals surface area (Å²) in [7, 11) is -5.39. The van der Waals surface area contributed by atoms with Gasteiger partial charge in [0, 0.05) is 0 Å². The van der Waals surface area contributed by atoms with Gasteiger partial charge >= 0.3 is 0 Å². The molecule has 0 spiro atoms. The van der Waals surface area contributed by atoms with Crippen molar-refractivity contribution < 1.29 is 8.85 Å². The normalized spacial score (nSPS) is 19.0. The number of aromatic nitrogens is 1. The molecule has 0 radical (unpaired) electrons. The highest BCUT2D eigenvalue weighted by atomic mass is 28.4. The maximum Gasteiger partial charge on any atom is 0.261 e. The lowest BCUT2D eigenvalue weighted by Crippen LogP contribution is -2.68. The zero-order valence-electron chi connectivity index (χ0n) is 34.6. The Balaban J connectivity index is 1.12. The van der Waals surface area contributed by atoms with Crippen LogP contribution in [0, 0.1) is 0 Å². The molecule has 4 atom stereocenters. The maximum atomic E-state index is 7.48. The Kier molecular flexibility index (Phi) is 11.6. The first-order chi connectivity index (χ1) is 26.8. The standard InChI is InChI=1S/C49H59N3O2Si2/c1-36(53-55(48(3,4)5,38-22-13-9-14-23-38)39-24-15-10-16-25-39)42-32-34-46(50-42)44-30-21-31-45(52-44)47-35-33-43(51-47)37(2)54-56(49(6,7)8,40-26-17-11-18-27-40)41-28-19-12-20-29-41/h9-31,36-37,42-43H,32-35H2,1-8H3/t36-,37-,42-,43-/m1/s1. The minimum Gasteiger partial charge on any atom is -0.403 e. The van der Waals surface area contributed by atoms with Gasteiger partial charge in [0.15, 0.2) is 0 Å². The third-order valence-electron chi connectivity index (χ3n) is 12.0. The number of aliphatic imine (C=N–C) groups is 2. The molecule has 1 aromatic heterocycles. The van der Waals surface area contributed by atoms with Crippen LogP contribution in [0.25, 0.3) is 0 Å². The van der Waals surface area contributed by atoms with Crippen molar-refractivity contribution in [3.05, 3.63) is 151 Å². The van der Waals surface area contributed by atoms with E-state index in [1.54, 1.807) is 0 Å². The fraction of sp³-hybridized carbons (Fsp3) is 0.367. The number of benzene rings is 4. The summed E-state index contributed by atoms with van der Waals surface area (Å²) in [6, 6.07) is 50.1. The van der Waals surface area contributed by atoms with Crippen molar-refractivity contribution in [3.8, 4) is 0 Å². The molecular formula is C49H59N3O2Si2. The van der Waals surface area contributed by atoms with Gasteiger partial charge < -0.3 is 8.85 Å². The van der Waals surface area contributed by atoms with Gasteiger partial charge in [0.2, 0.25) is 0 Å². The van der Waals surface area contributed by atoms with Crippen LogP contribution in [0.1, 0.15) is 92.5 Å². The number of rotatable bonds is 12. The number of hydrogen-bond donors (Lipinski definition) is 0. The summed E-state index contributed by atoms with van der Waals surface area (Å²) in [6.45, 7) is 18.5. The molecule has 5 nitrogen and oxygen atoms in total. The average Bonchev–Trinajstić information content (AvgIpc) is 3.91. The van der Waals surface area contributed by atoms with Crippen molar-refractivity contribution in [2.75, 3.05) is 0 Å². The first-order valence-corrected chi connectivity index (χ1v) is 24.3. The van der Waals surface area contributed by atoms with Crippen molar-refractivity contribution >= 4 is 48.8 Å². The van der Waals surface area contributed by atoms with Crippen molar-refractivity contribution in [1.29, 1.82) is 0 Å². The van der Waals surface area contributed by atoms with Crippen LogP contribution in [0.3, 0.4) is 0 Å². The molecule has 2 aliphatic rings. The summed E-state index contributed by atoms with van der Waals surface area (Å²) in [4.78, 5) is 15.9. The van der Waals surface area contributed by atoms with E-state index < -0.39 is 16.6 Å². The smallest absolute Gasteiger partial charge is 0.261 e. The topological polar surface area (TPSA) is 56.1 Å². The van der Waals surface area contributed by atoms with E-state index in [2.05, 4.69) is 195 Å². The molecule has 0 aliphatic carbocycles. The predicted octanol–water partition coefficient (Wildman–Crippen LogP) is 8.91. The molecule has 4 aromatic carbocycles. The molecule has 0 saturated heterocycles. The highest BCUT2D eigenvalue weighted by molar-refractivity contribution is 7.00. The Bertz CT molecular complexity index is 1900. The van der Waals surface area contributed by atoms with Crippen molar-refractivity contribution in [1.82, 2.24) is 4.98 Å². The number of nitrogens with zero attached hydrogens (tertiary/aromatic N) is 3. The molecule has 56 heavy (non-hydrogen) atoms. The van der Waals surface area contributed by atoms with Crippen LogP contribution >= 0.6 is 0 Å². The zero-order chi connectivity index (χ0) is 39.6. The highest BCUT2D eigenvalue weighted by Crippen LogP contribution is 2.40. The summed E-state index contributed by atoms with van der Waals surface area (Å²) < 4.78 is 15.0. The first-order valence-electron chi connectivity index (χ1n) is 20.5. The van der Waals surface area contributed by atoms with Crippen molar-refractivity contribution in [2.24, 2.45) is 9.98 Å². The minimum absolute atomic E-state index is 0.0565. The van der Waals surface area contributed by atoms with E-state index in [1.165, 1.54) is 20.7 Å². The van der Waals surface area contributed by atoms with Crippen LogP contribution in [0.4, 0.5) is 0 Å². The van der Waals surface area contributed by atoms with E-state index in [0.717, 1.165) is 48.5 Å². The van der Waals surface area contributed by atoms with Gasteiger partial charge in [-0.1, -0.05) is 169 Å². The van der Waals surface area contributed by atoms with Crippen molar-refractivity contribution in [2.45, 2.75) is 115 Å². The monoisotopic (exact) mass is 777 g/mol. The van der Waals surface area contributed by atoms with Gasteiger partial charge in [-0.05, 0) is 82.5 Å². The lowest BCUT2D eigenvalue weighted by molar-refractivity contribution is 0.177. The second kappa shape index (κ2) is 16.3. The zero-order valence-corrected chi connectivity index (χ0v) is 36.6. The van der Waals surface area contributed by atoms with E-state index in [9.17, 15) is 0 Å². The largest absolute Gasteiger partial charge is 0.403 e. The number of pyridine rings is 1. The fourth-order valence-corrected chi connectivity index (χ4v) is 18.6. The number of hydrogen-bond acceptors (Lipinski definition) is 5. The second-order valence-corrected chi connectivity index (χ2v) is 26.2. The quantitative estimate of drug-likeness (QED) is 0.119. The molecule has 0 fully saturated rings. The van der Waals surface area contributed by atoms with Gasteiger partial charge in [0.05, 0.1) is 47.1 Å². The molecule has 0 saturated carbocycles. The van der Waals surface area contributed by atoms with Crippen LogP contribution in [0.5, 0.6) is 0 Å². The van der Waals surface area contributed by atoms with Gasteiger partial charge in [-0.15, -0.1) is 0 Å². The van der Waals surface area contributed by atoms with Gasteiger partial charge in [-0.2, -0.15) is 0 Å². The van der Waals surface area contributed by atoms with Gasteiger partial charge in [0.25, 0.3) is 16.6 Å². The second-order valence-electron chi connectivity index (χ2n) is 17.7. The molecule has 0 unspecified atom stereocenters. The van der Waals surface area contributed by atoms with Crippen LogP contribution in [0.2, 0.25) is 10.1 Å². The maximum absolute atomic E-state index is 7.48. The van der Waals surface area contributed by atoms with Crippen LogP contribution < -0.4 is 20.7 Å². The van der Waals surface area contributed by atoms with E-state index in [4.69, 9.17) is 23.8 Å². The average molecular weight is 778 g/mol. The predicted molar refractivity (Wildman–Crippen MR) is 240 cm³/mol. The summed E-state index contributed by atoms with van der Waals surface area (Å²) in [5.74, 6) is 0. The third kappa shape index (κ3) is 7.71. The first kappa shape index (κ1) is 39.9. The highest BCUT2D eigenvalue weighted by Gasteiger charge is 2.53. The SMILES string of the molecule is C[C@@H](O[Si](c1ccccc1)(c1ccccc1)C(C)(C)C)[C@H]1CCC(c2cccc(C3=N[C@@H]([C@@H](C)O[Si](c4ccccc4)(c4ccccc4)C(C)(C)C)CC3)n2)=N1. The molecule has 7 rings (SSSR count).